The molecule has 6 aliphatic rings. The molecule has 0 unspecified atom stereocenters. The lowest BCUT2D eigenvalue weighted by Crippen LogP contribution is -2.61. The molecular weight excluding hydrogens is 328 g/mol. The molecule has 5 aliphatic heterocycles. The van der Waals surface area contributed by atoms with Gasteiger partial charge in [-0.15, -0.1) is 0 Å². The molecule has 5 nitrogen and oxygen atoms in total. The molecule has 0 radical (unpaired) electrons. The molecule has 3 atom stereocenters. The molecule has 5 fully saturated rings. The van der Waals surface area contributed by atoms with E-state index in [1.807, 2.05) is 6.07 Å². The number of carbonyl (C=O) groups is 1. The Hall–Kier alpha value is -1.75. The Labute approximate surface area is 154 Å². The maximum absolute atomic E-state index is 13.3. The highest BCUT2D eigenvalue weighted by Gasteiger charge is 2.58. The van der Waals surface area contributed by atoms with E-state index in [0.717, 1.165) is 30.9 Å². The van der Waals surface area contributed by atoms with E-state index in [1.165, 1.54) is 31.5 Å². The summed E-state index contributed by atoms with van der Waals surface area (Å²) in [5.41, 5.74) is 1.22. The number of nitrogens with zero attached hydrogens (tertiary/aromatic N) is 2. The Balaban J connectivity index is 1.39. The van der Waals surface area contributed by atoms with Crippen LogP contribution in [-0.2, 0) is 4.79 Å². The van der Waals surface area contributed by atoms with Crippen LogP contribution in [0.1, 0.15) is 44.1 Å². The molecule has 1 aromatic rings. The van der Waals surface area contributed by atoms with Crippen LogP contribution in [0.25, 0.3) is 0 Å². The highest BCUT2D eigenvalue weighted by molar-refractivity contribution is 5.85. The topological polar surface area (TPSA) is 42.0 Å². The first-order valence-corrected chi connectivity index (χ1v) is 10.1. The number of carbonyl (C=O) groups excluding carboxylic acids is 1. The van der Waals surface area contributed by atoms with E-state index in [9.17, 15) is 4.79 Å². The zero-order chi connectivity index (χ0) is 17.5. The summed E-state index contributed by atoms with van der Waals surface area (Å²) in [6.45, 7) is 5.70. The van der Waals surface area contributed by atoms with Gasteiger partial charge >= 0.3 is 0 Å². The highest BCUT2D eigenvalue weighted by Crippen LogP contribution is 2.52. The van der Waals surface area contributed by atoms with Crippen molar-refractivity contribution in [1.82, 2.24) is 9.80 Å². The molecule has 4 saturated heterocycles. The lowest BCUT2D eigenvalue weighted by molar-refractivity contribution is -0.141. The zero-order valence-electron chi connectivity index (χ0n) is 15.3. The minimum absolute atomic E-state index is 0.0830. The average Bonchev–Trinajstić information content (AvgIpc) is 3.11. The lowest BCUT2D eigenvalue weighted by Gasteiger charge is -2.51. The van der Waals surface area contributed by atoms with Gasteiger partial charge < -0.3 is 14.4 Å². The largest absolute Gasteiger partial charge is 0.454 e. The monoisotopic (exact) mass is 354 g/mol. The van der Waals surface area contributed by atoms with Gasteiger partial charge in [-0.2, -0.15) is 0 Å². The lowest BCUT2D eigenvalue weighted by atomic mass is 9.75. The third-order valence-electron chi connectivity index (χ3n) is 7.60. The van der Waals surface area contributed by atoms with Gasteiger partial charge in [0.05, 0.1) is 6.04 Å². The van der Waals surface area contributed by atoms with Crippen LogP contribution < -0.4 is 9.47 Å². The number of ether oxygens (including phenoxy) is 2. The van der Waals surface area contributed by atoms with Crippen molar-refractivity contribution in [3.8, 4) is 11.5 Å². The summed E-state index contributed by atoms with van der Waals surface area (Å²) in [6, 6.07) is 7.24. The predicted octanol–water partition coefficient (Wildman–Crippen LogP) is 2.60. The fourth-order valence-corrected chi connectivity index (χ4v) is 5.84. The van der Waals surface area contributed by atoms with Gasteiger partial charge in [-0.3, -0.25) is 9.69 Å². The summed E-state index contributed by atoms with van der Waals surface area (Å²) in [6.07, 6.45) is 4.61. The van der Waals surface area contributed by atoms with E-state index >= 15 is 0 Å². The fourth-order valence-electron chi connectivity index (χ4n) is 5.84. The van der Waals surface area contributed by atoms with Crippen molar-refractivity contribution in [3.63, 3.8) is 0 Å². The van der Waals surface area contributed by atoms with Gasteiger partial charge in [-0.05, 0) is 62.4 Å². The van der Waals surface area contributed by atoms with Crippen LogP contribution in [0.3, 0.4) is 0 Å². The second kappa shape index (κ2) is 5.16. The maximum atomic E-state index is 13.3. The highest BCUT2D eigenvalue weighted by atomic mass is 16.7. The minimum atomic E-state index is -0.0830. The van der Waals surface area contributed by atoms with Crippen LogP contribution in [0.5, 0.6) is 11.5 Å². The maximum Gasteiger partial charge on any atom is 0.231 e. The van der Waals surface area contributed by atoms with Crippen LogP contribution in [0.2, 0.25) is 0 Å². The second-order valence-electron chi connectivity index (χ2n) is 9.09. The normalized spacial score (nSPS) is 38.3. The Morgan fingerprint density at radius 2 is 1.88 bits per heavy atom. The third kappa shape index (κ3) is 2.04. The van der Waals surface area contributed by atoms with Gasteiger partial charge in [0, 0.05) is 23.9 Å². The van der Waals surface area contributed by atoms with Crippen molar-refractivity contribution in [2.75, 3.05) is 26.4 Å². The standard InChI is InChI=1S/C21H26N2O3/c1-21(6-7-21)20(24)23-11-15(14-2-3-16-17(10-14)26-12-25-16)19-18(23)13-4-8-22(19)9-5-13/h2-3,10,13,15,18-19H,4-9,11-12H2,1H3/t15-,18+,19+/m0/s1. The van der Waals surface area contributed by atoms with Gasteiger partial charge in [0.2, 0.25) is 12.7 Å². The second-order valence-corrected chi connectivity index (χ2v) is 9.09. The molecule has 1 aliphatic carbocycles. The molecule has 7 rings (SSSR count). The quantitative estimate of drug-likeness (QED) is 0.819. The Morgan fingerprint density at radius 3 is 2.65 bits per heavy atom. The molecule has 138 valence electrons. The summed E-state index contributed by atoms with van der Waals surface area (Å²) in [7, 11) is 0. The van der Waals surface area contributed by atoms with Crippen LogP contribution >= 0.6 is 0 Å². The molecule has 0 aromatic heterocycles. The van der Waals surface area contributed by atoms with Crippen LogP contribution in [0.4, 0.5) is 0 Å². The molecule has 0 spiro atoms. The van der Waals surface area contributed by atoms with E-state index in [2.05, 4.69) is 28.9 Å². The van der Waals surface area contributed by atoms with Crippen molar-refractivity contribution in [1.29, 1.82) is 0 Å². The number of piperidine rings is 3. The Kier molecular flexibility index (Phi) is 3.04. The van der Waals surface area contributed by atoms with Crippen molar-refractivity contribution >= 4 is 5.91 Å². The number of likely N-dealkylation sites (tertiary alicyclic amines) is 1. The molecule has 0 N–H and O–H groups in total. The number of hydrogen-bond acceptors (Lipinski definition) is 4. The first kappa shape index (κ1) is 15.3. The summed E-state index contributed by atoms with van der Waals surface area (Å²) in [5.74, 6) is 3.16. The van der Waals surface area contributed by atoms with Crippen molar-refractivity contribution in [2.45, 2.75) is 50.6 Å². The van der Waals surface area contributed by atoms with Crippen molar-refractivity contribution < 1.29 is 14.3 Å². The van der Waals surface area contributed by atoms with Crippen LogP contribution in [0, 0.1) is 11.3 Å². The van der Waals surface area contributed by atoms with Crippen molar-refractivity contribution in [2.24, 2.45) is 11.3 Å². The first-order chi connectivity index (χ1) is 12.6. The molecule has 2 bridgehead atoms. The summed E-state index contributed by atoms with van der Waals surface area (Å²) in [4.78, 5) is 18.2. The predicted molar refractivity (Wildman–Crippen MR) is 96.2 cm³/mol. The van der Waals surface area contributed by atoms with Gasteiger partial charge in [-0.25, -0.2) is 0 Å². The molecule has 1 saturated carbocycles. The van der Waals surface area contributed by atoms with E-state index in [0.29, 0.717) is 36.6 Å². The van der Waals surface area contributed by atoms with E-state index < -0.39 is 0 Å². The molecular formula is C21H26N2O3. The number of fused-ring (bicyclic) bond motifs is 3. The minimum Gasteiger partial charge on any atom is -0.454 e. The van der Waals surface area contributed by atoms with E-state index in [4.69, 9.17) is 9.47 Å². The molecule has 5 heterocycles. The summed E-state index contributed by atoms with van der Waals surface area (Å²) < 4.78 is 11.1. The number of rotatable bonds is 2. The zero-order valence-corrected chi connectivity index (χ0v) is 15.3. The van der Waals surface area contributed by atoms with Crippen LogP contribution in [-0.4, -0.2) is 54.2 Å². The smallest absolute Gasteiger partial charge is 0.231 e. The van der Waals surface area contributed by atoms with Gasteiger partial charge in [-0.1, -0.05) is 13.0 Å². The molecule has 5 heteroatoms. The van der Waals surface area contributed by atoms with Crippen molar-refractivity contribution in [3.05, 3.63) is 23.8 Å². The molecule has 26 heavy (non-hydrogen) atoms. The molecule has 1 amide bonds. The Morgan fingerprint density at radius 1 is 1.12 bits per heavy atom. The average molecular weight is 354 g/mol. The third-order valence-corrected chi connectivity index (χ3v) is 7.60. The first-order valence-electron chi connectivity index (χ1n) is 10.1. The van der Waals surface area contributed by atoms with E-state index in [1.54, 1.807) is 0 Å². The number of hydrogen-bond donors (Lipinski definition) is 0. The number of amides is 1. The number of benzene rings is 1. The Bertz CT molecular complexity index is 767. The summed E-state index contributed by atoms with van der Waals surface area (Å²) in [5, 5.41) is 0. The fraction of sp³-hybridized carbons (Fsp3) is 0.667. The van der Waals surface area contributed by atoms with Gasteiger partial charge in [0.1, 0.15) is 0 Å². The SMILES string of the molecule is CC1(C(=O)N2C[C@@H](c3ccc4c(c3)OCO4)[C@@H]3[C@H]2C2CCN3CC2)CC1. The molecule has 1 aromatic carbocycles. The van der Waals surface area contributed by atoms with Gasteiger partial charge in [0.25, 0.3) is 0 Å². The summed E-state index contributed by atoms with van der Waals surface area (Å²) >= 11 is 0. The van der Waals surface area contributed by atoms with Gasteiger partial charge in [0.15, 0.2) is 11.5 Å². The van der Waals surface area contributed by atoms with Crippen LogP contribution in [0.15, 0.2) is 18.2 Å². The van der Waals surface area contributed by atoms with E-state index in [-0.39, 0.29) is 5.41 Å².